The third-order valence-corrected chi connectivity index (χ3v) is 4.54. The fraction of sp³-hybridized carbons (Fsp3) is 0.118. The zero-order valence-electron chi connectivity index (χ0n) is 12.5. The van der Waals surface area contributed by atoms with Crippen LogP contribution in [0.4, 0.5) is 0 Å². The maximum absolute atomic E-state index is 6.43. The molecule has 0 aliphatic carbocycles. The van der Waals surface area contributed by atoms with E-state index < -0.39 is 0 Å². The highest BCUT2D eigenvalue weighted by Crippen LogP contribution is 2.31. The van der Waals surface area contributed by atoms with Crippen LogP contribution in [-0.2, 0) is 7.05 Å². The van der Waals surface area contributed by atoms with Gasteiger partial charge in [0.2, 0.25) is 0 Å². The molecule has 23 heavy (non-hydrogen) atoms. The molecule has 0 spiro atoms. The first-order valence-electron chi connectivity index (χ1n) is 7.07. The normalized spacial score (nSPS) is 11.5. The van der Waals surface area contributed by atoms with E-state index in [2.05, 4.69) is 50.1 Å². The first-order chi connectivity index (χ1) is 11.0. The number of hydrogen-bond acceptors (Lipinski definition) is 3. The molecule has 1 aromatic carbocycles. The van der Waals surface area contributed by atoms with E-state index in [4.69, 9.17) is 11.6 Å². The summed E-state index contributed by atoms with van der Waals surface area (Å²) in [7, 11) is 1.92. The number of benzene rings is 1. The van der Waals surface area contributed by atoms with Gasteiger partial charge in [0, 0.05) is 40.2 Å². The summed E-state index contributed by atoms with van der Waals surface area (Å²) >= 11 is 9.84. The molecule has 0 amide bonds. The number of aromatic nitrogens is 4. The Balaban J connectivity index is 1.96. The first kappa shape index (κ1) is 14.6. The van der Waals surface area contributed by atoms with Crippen molar-refractivity contribution in [3.63, 3.8) is 0 Å². The number of hydrogen-bond donors (Lipinski definition) is 0. The van der Waals surface area contributed by atoms with Crippen LogP contribution in [0.2, 0.25) is 5.02 Å². The van der Waals surface area contributed by atoms with Gasteiger partial charge in [-0.15, -0.1) is 0 Å². The lowest BCUT2D eigenvalue weighted by Crippen LogP contribution is -1.91. The van der Waals surface area contributed by atoms with Crippen molar-refractivity contribution in [2.75, 3.05) is 0 Å². The second-order valence-corrected chi connectivity index (χ2v) is 6.87. The summed E-state index contributed by atoms with van der Waals surface area (Å²) in [5.74, 6) is 0. The molecule has 0 unspecified atom stereocenters. The van der Waals surface area contributed by atoms with Crippen molar-refractivity contribution in [2.45, 2.75) is 6.92 Å². The lowest BCUT2D eigenvalue weighted by Gasteiger charge is -2.07. The monoisotopic (exact) mass is 386 g/mol. The summed E-state index contributed by atoms with van der Waals surface area (Å²) in [6.07, 6.45) is 3.73. The molecule has 6 heteroatoms. The van der Waals surface area contributed by atoms with Crippen LogP contribution in [0, 0.1) is 6.92 Å². The molecule has 0 aliphatic heterocycles. The van der Waals surface area contributed by atoms with Crippen molar-refractivity contribution in [1.82, 2.24) is 19.7 Å². The summed E-state index contributed by atoms with van der Waals surface area (Å²) in [6, 6.07) is 7.98. The van der Waals surface area contributed by atoms with Crippen molar-refractivity contribution in [3.05, 3.63) is 51.7 Å². The standard InChI is InChI=1S/C17H12BrClN4/c1-9-3-10(4-11-8-23(2)22-16(9)11)15-6-14(19)13-5-12(18)7-20-17(13)21-15/h3-8H,1-2H3. The van der Waals surface area contributed by atoms with Crippen molar-refractivity contribution < 1.29 is 0 Å². The Bertz CT molecular complexity index is 1070. The zero-order chi connectivity index (χ0) is 16.1. The first-order valence-corrected chi connectivity index (χ1v) is 8.24. The number of halogens is 2. The van der Waals surface area contributed by atoms with Crippen LogP contribution in [0.5, 0.6) is 0 Å². The molecule has 0 radical (unpaired) electrons. The van der Waals surface area contributed by atoms with Crippen LogP contribution in [0.15, 0.2) is 41.1 Å². The summed E-state index contributed by atoms with van der Waals surface area (Å²) in [6.45, 7) is 2.05. The van der Waals surface area contributed by atoms with E-state index >= 15 is 0 Å². The predicted molar refractivity (Wildman–Crippen MR) is 96.7 cm³/mol. The van der Waals surface area contributed by atoms with Gasteiger partial charge in [-0.05, 0) is 52.7 Å². The van der Waals surface area contributed by atoms with Crippen molar-refractivity contribution in [2.24, 2.45) is 7.05 Å². The molecule has 0 N–H and O–H groups in total. The number of rotatable bonds is 1. The summed E-state index contributed by atoms with van der Waals surface area (Å²) in [4.78, 5) is 9.02. The Morgan fingerprint density at radius 2 is 2.00 bits per heavy atom. The molecule has 0 fully saturated rings. The van der Waals surface area contributed by atoms with E-state index in [1.54, 1.807) is 6.20 Å². The van der Waals surface area contributed by atoms with E-state index in [1.807, 2.05) is 30.1 Å². The molecule has 4 aromatic rings. The maximum atomic E-state index is 6.43. The topological polar surface area (TPSA) is 43.6 Å². The summed E-state index contributed by atoms with van der Waals surface area (Å²) < 4.78 is 2.70. The van der Waals surface area contributed by atoms with E-state index in [0.717, 1.165) is 37.6 Å². The molecule has 0 aliphatic rings. The second kappa shape index (κ2) is 5.28. The fourth-order valence-electron chi connectivity index (χ4n) is 2.77. The summed E-state index contributed by atoms with van der Waals surface area (Å²) in [5.41, 5.74) is 4.58. The van der Waals surface area contributed by atoms with Gasteiger partial charge in [0.05, 0.1) is 16.2 Å². The average Bonchev–Trinajstić information content (AvgIpc) is 2.89. The van der Waals surface area contributed by atoms with Crippen LogP contribution < -0.4 is 0 Å². The molecule has 4 nitrogen and oxygen atoms in total. The molecule has 4 rings (SSSR count). The molecule has 0 saturated carbocycles. The van der Waals surface area contributed by atoms with Gasteiger partial charge >= 0.3 is 0 Å². The quantitative estimate of drug-likeness (QED) is 0.466. The Morgan fingerprint density at radius 1 is 1.17 bits per heavy atom. The van der Waals surface area contributed by atoms with E-state index in [-0.39, 0.29) is 0 Å². The average molecular weight is 388 g/mol. The van der Waals surface area contributed by atoms with Crippen LogP contribution in [0.3, 0.4) is 0 Å². The Hall–Kier alpha value is -1.98. The van der Waals surface area contributed by atoms with E-state index in [1.165, 1.54) is 0 Å². The molecule has 0 bridgehead atoms. The van der Waals surface area contributed by atoms with Gasteiger partial charge in [0.15, 0.2) is 5.65 Å². The third-order valence-electron chi connectivity index (χ3n) is 3.79. The van der Waals surface area contributed by atoms with Crippen LogP contribution in [-0.4, -0.2) is 19.7 Å². The number of pyridine rings is 2. The smallest absolute Gasteiger partial charge is 0.161 e. The van der Waals surface area contributed by atoms with Crippen LogP contribution in [0.1, 0.15) is 5.56 Å². The van der Waals surface area contributed by atoms with Gasteiger partial charge < -0.3 is 0 Å². The largest absolute Gasteiger partial charge is 0.275 e. The summed E-state index contributed by atoms with van der Waals surface area (Å²) in [5, 5.41) is 7.04. The molecular weight excluding hydrogens is 376 g/mol. The van der Waals surface area contributed by atoms with Gasteiger partial charge in [0.25, 0.3) is 0 Å². The molecule has 0 atom stereocenters. The van der Waals surface area contributed by atoms with Crippen molar-refractivity contribution >= 4 is 49.5 Å². The minimum atomic E-state index is 0.639. The molecular formula is C17H12BrClN4. The fourth-order valence-corrected chi connectivity index (χ4v) is 3.34. The van der Waals surface area contributed by atoms with Gasteiger partial charge in [-0.25, -0.2) is 9.97 Å². The third kappa shape index (κ3) is 2.50. The van der Waals surface area contributed by atoms with Gasteiger partial charge in [-0.2, -0.15) is 5.10 Å². The molecule has 3 aromatic heterocycles. The van der Waals surface area contributed by atoms with Gasteiger partial charge in [-0.1, -0.05) is 11.6 Å². The molecule has 114 valence electrons. The molecule has 0 saturated heterocycles. The number of nitrogens with zero attached hydrogens (tertiary/aromatic N) is 4. The van der Waals surface area contributed by atoms with E-state index in [9.17, 15) is 0 Å². The van der Waals surface area contributed by atoms with E-state index in [0.29, 0.717) is 10.7 Å². The highest BCUT2D eigenvalue weighted by atomic mass is 79.9. The predicted octanol–water partition coefficient (Wildman–Crippen LogP) is 4.91. The Kier molecular flexibility index (Phi) is 3.36. The SMILES string of the molecule is Cc1cc(-c2cc(Cl)c3cc(Br)cnc3n2)cc2cn(C)nc12. The second-order valence-electron chi connectivity index (χ2n) is 5.55. The van der Waals surface area contributed by atoms with Crippen molar-refractivity contribution in [3.8, 4) is 11.3 Å². The Labute approximate surface area is 146 Å². The number of aryl methyl sites for hydroxylation is 2. The van der Waals surface area contributed by atoms with Crippen LogP contribution in [0.25, 0.3) is 33.2 Å². The van der Waals surface area contributed by atoms with Crippen LogP contribution >= 0.6 is 27.5 Å². The maximum Gasteiger partial charge on any atom is 0.161 e. The lowest BCUT2D eigenvalue weighted by molar-refractivity contribution is 0.779. The van der Waals surface area contributed by atoms with Gasteiger partial charge in [-0.3, -0.25) is 4.68 Å². The number of fused-ring (bicyclic) bond motifs is 2. The highest BCUT2D eigenvalue weighted by Gasteiger charge is 2.11. The molecule has 3 heterocycles. The van der Waals surface area contributed by atoms with Crippen molar-refractivity contribution in [1.29, 1.82) is 0 Å². The highest BCUT2D eigenvalue weighted by molar-refractivity contribution is 9.10. The Morgan fingerprint density at radius 3 is 2.83 bits per heavy atom. The lowest BCUT2D eigenvalue weighted by atomic mass is 10.0. The zero-order valence-corrected chi connectivity index (χ0v) is 14.9. The minimum absolute atomic E-state index is 0.639. The van der Waals surface area contributed by atoms with Gasteiger partial charge in [0.1, 0.15) is 0 Å². The minimum Gasteiger partial charge on any atom is -0.275 e.